The number of aliphatic hydroxyl groups excluding tert-OH is 1. The molecule has 0 spiro atoms. The van der Waals surface area contributed by atoms with E-state index in [1.54, 1.807) is 6.07 Å². The molecule has 1 aromatic rings. The average Bonchev–Trinajstić information content (AvgIpc) is 2.16. The van der Waals surface area contributed by atoms with Crippen LogP contribution in [-0.2, 0) is 12.8 Å². The maximum Gasteiger partial charge on any atom is 0.123 e. The van der Waals surface area contributed by atoms with Crippen LogP contribution >= 0.6 is 0 Å². The third-order valence-electron chi connectivity index (χ3n) is 3.12. The molecule has 2 heteroatoms. The number of fused-ring (bicyclic) bond motifs is 1. The van der Waals surface area contributed by atoms with Gasteiger partial charge in [0.15, 0.2) is 0 Å². The van der Waals surface area contributed by atoms with Crippen LogP contribution in [0.2, 0.25) is 0 Å². The van der Waals surface area contributed by atoms with Gasteiger partial charge in [-0.05, 0) is 55.4 Å². The van der Waals surface area contributed by atoms with E-state index >= 15 is 0 Å². The van der Waals surface area contributed by atoms with Gasteiger partial charge in [0.25, 0.3) is 0 Å². The first kappa shape index (κ1) is 9.66. The van der Waals surface area contributed by atoms with Crippen LogP contribution in [0.1, 0.15) is 24.5 Å². The Morgan fingerprint density at radius 3 is 2.93 bits per heavy atom. The van der Waals surface area contributed by atoms with E-state index in [2.05, 4.69) is 0 Å². The third-order valence-corrected chi connectivity index (χ3v) is 3.12. The number of rotatable bonds is 1. The molecule has 0 aliphatic heterocycles. The minimum atomic E-state index is -0.256. The Morgan fingerprint density at radius 1 is 1.43 bits per heavy atom. The van der Waals surface area contributed by atoms with Crippen molar-refractivity contribution in [3.63, 3.8) is 0 Å². The molecular formula is C12H15FO. The van der Waals surface area contributed by atoms with E-state index in [-0.39, 0.29) is 11.9 Å². The number of benzene rings is 1. The van der Waals surface area contributed by atoms with E-state index in [0.29, 0.717) is 5.92 Å². The van der Waals surface area contributed by atoms with Gasteiger partial charge in [-0.1, -0.05) is 6.07 Å². The van der Waals surface area contributed by atoms with Crippen LogP contribution in [0.4, 0.5) is 4.39 Å². The molecular weight excluding hydrogens is 179 g/mol. The second-order valence-corrected chi connectivity index (χ2v) is 4.16. The molecule has 1 aliphatic carbocycles. The second kappa shape index (κ2) is 3.70. The van der Waals surface area contributed by atoms with Gasteiger partial charge in [-0.2, -0.15) is 0 Å². The van der Waals surface area contributed by atoms with Gasteiger partial charge in [-0.3, -0.25) is 0 Å². The Labute approximate surface area is 83.6 Å². The van der Waals surface area contributed by atoms with Crippen LogP contribution in [0.5, 0.6) is 0 Å². The van der Waals surface area contributed by atoms with E-state index in [0.717, 1.165) is 24.8 Å². The maximum atomic E-state index is 12.9. The van der Waals surface area contributed by atoms with Crippen LogP contribution in [0.25, 0.3) is 0 Å². The Morgan fingerprint density at radius 2 is 2.21 bits per heavy atom. The van der Waals surface area contributed by atoms with Crippen molar-refractivity contribution in [1.29, 1.82) is 0 Å². The highest BCUT2D eigenvalue weighted by atomic mass is 19.1. The molecule has 0 fully saturated rings. The average molecular weight is 194 g/mol. The summed E-state index contributed by atoms with van der Waals surface area (Å²) in [6.45, 7) is 1.83. The van der Waals surface area contributed by atoms with E-state index < -0.39 is 0 Å². The van der Waals surface area contributed by atoms with Crippen molar-refractivity contribution in [2.75, 3.05) is 0 Å². The molecule has 2 unspecified atom stereocenters. The zero-order valence-electron chi connectivity index (χ0n) is 8.33. The number of halogens is 1. The van der Waals surface area contributed by atoms with Crippen LogP contribution in [0.3, 0.4) is 0 Å². The number of hydrogen-bond donors (Lipinski definition) is 1. The summed E-state index contributed by atoms with van der Waals surface area (Å²) in [5, 5.41) is 9.48. The zero-order chi connectivity index (χ0) is 10.1. The fourth-order valence-corrected chi connectivity index (χ4v) is 2.16. The van der Waals surface area contributed by atoms with Gasteiger partial charge in [0, 0.05) is 0 Å². The summed E-state index contributed by atoms with van der Waals surface area (Å²) in [7, 11) is 0. The quantitative estimate of drug-likeness (QED) is 0.727. The SMILES string of the molecule is CC(O)C1CCc2cc(F)ccc2C1. The van der Waals surface area contributed by atoms with Crippen LogP contribution in [0, 0.1) is 11.7 Å². The smallest absolute Gasteiger partial charge is 0.123 e. The minimum absolute atomic E-state index is 0.153. The molecule has 0 heterocycles. The van der Waals surface area contributed by atoms with Crippen molar-refractivity contribution in [1.82, 2.24) is 0 Å². The van der Waals surface area contributed by atoms with Gasteiger partial charge in [-0.15, -0.1) is 0 Å². The lowest BCUT2D eigenvalue weighted by Gasteiger charge is -2.26. The summed E-state index contributed by atoms with van der Waals surface area (Å²) >= 11 is 0. The predicted octanol–water partition coefficient (Wildman–Crippen LogP) is 2.31. The normalized spacial score (nSPS) is 22.9. The largest absolute Gasteiger partial charge is 0.393 e. The molecule has 14 heavy (non-hydrogen) atoms. The first-order valence-corrected chi connectivity index (χ1v) is 5.12. The Hall–Kier alpha value is -0.890. The molecule has 1 nitrogen and oxygen atoms in total. The molecule has 2 rings (SSSR count). The van der Waals surface area contributed by atoms with Gasteiger partial charge < -0.3 is 5.11 Å². The molecule has 2 atom stereocenters. The summed E-state index contributed by atoms with van der Waals surface area (Å²) in [6.07, 6.45) is 2.48. The van der Waals surface area contributed by atoms with E-state index in [9.17, 15) is 9.50 Å². The van der Waals surface area contributed by atoms with Crippen LogP contribution in [-0.4, -0.2) is 11.2 Å². The summed E-state index contributed by atoms with van der Waals surface area (Å²) in [5.41, 5.74) is 2.31. The molecule has 0 amide bonds. The Balaban J connectivity index is 2.23. The van der Waals surface area contributed by atoms with Gasteiger partial charge in [0.2, 0.25) is 0 Å². The van der Waals surface area contributed by atoms with E-state index in [1.165, 1.54) is 11.6 Å². The number of aliphatic hydroxyl groups is 1. The molecule has 0 saturated carbocycles. The lowest BCUT2D eigenvalue weighted by atomic mass is 9.81. The van der Waals surface area contributed by atoms with Crippen molar-refractivity contribution >= 4 is 0 Å². The molecule has 0 bridgehead atoms. The summed E-state index contributed by atoms with van der Waals surface area (Å²) in [5.74, 6) is 0.187. The zero-order valence-corrected chi connectivity index (χ0v) is 8.33. The van der Waals surface area contributed by atoms with Gasteiger partial charge in [-0.25, -0.2) is 4.39 Å². The summed E-state index contributed by atoms with van der Waals surface area (Å²) in [6, 6.07) is 4.97. The molecule has 1 N–H and O–H groups in total. The van der Waals surface area contributed by atoms with Gasteiger partial charge >= 0.3 is 0 Å². The summed E-state index contributed by atoms with van der Waals surface area (Å²) in [4.78, 5) is 0. The monoisotopic (exact) mass is 194 g/mol. The molecule has 0 aromatic heterocycles. The Bertz CT molecular complexity index is 333. The predicted molar refractivity (Wildman–Crippen MR) is 53.6 cm³/mol. The fraction of sp³-hybridized carbons (Fsp3) is 0.500. The number of aryl methyl sites for hydroxylation is 1. The van der Waals surface area contributed by atoms with Crippen LogP contribution < -0.4 is 0 Å². The van der Waals surface area contributed by atoms with Crippen molar-refractivity contribution in [3.8, 4) is 0 Å². The first-order valence-electron chi connectivity index (χ1n) is 5.12. The van der Waals surface area contributed by atoms with Crippen molar-refractivity contribution in [3.05, 3.63) is 35.1 Å². The maximum absolute atomic E-state index is 12.9. The number of hydrogen-bond acceptors (Lipinski definition) is 1. The van der Waals surface area contributed by atoms with E-state index in [4.69, 9.17) is 0 Å². The lowest BCUT2D eigenvalue weighted by Crippen LogP contribution is -2.24. The van der Waals surface area contributed by atoms with Crippen molar-refractivity contribution in [2.45, 2.75) is 32.3 Å². The van der Waals surface area contributed by atoms with Crippen LogP contribution in [0.15, 0.2) is 18.2 Å². The third kappa shape index (κ3) is 1.80. The summed E-state index contributed by atoms with van der Waals surface area (Å²) < 4.78 is 12.9. The molecule has 0 radical (unpaired) electrons. The standard InChI is InChI=1S/C12H15FO/c1-8(14)9-2-3-11-7-12(13)5-4-10(11)6-9/h4-5,7-9,14H,2-3,6H2,1H3. The van der Waals surface area contributed by atoms with Crippen molar-refractivity contribution < 1.29 is 9.50 Å². The Kier molecular flexibility index (Phi) is 2.55. The lowest BCUT2D eigenvalue weighted by molar-refractivity contribution is 0.116. The van der Waals surface area contributed by atoms with Crippen molar-refractivity contribution in [2.24, 2.45) is 5.92 Å². The fourth-order valence-electron chi connectivity index (χ4n) is 2.16. The second-order valence-electron chi connectivity index (χ2n) is 4.16. The molecule has 1 aromatic carbocycles. The van der Waals surface area contributed by atoms with E-state index in [1.807, 2.05) is 13.0 Å². The van der Waals surface area contributed by atoms with Gasteiger partial charge in [0.1, 0.15) is 5.82 Å². The topological polar surface area (TPSA) is 20.2 Å². The highest BCUT2D eigenvalue weighted by molar-refractivity contribution is 5.30. The molecule has 1 aliphatic rings. The van der Waals surface area contributed by atoms with Gasteiger partial charge in [0.05, 0.1) is 6.10 Å². The minimum Gasteiger partial charge on any atom is -0.393 e. The highest BCUT2D eigenvalue weighted by Gasteiger charge is 2.22. The highest BCUT2D eigenvalue weighted by Crippen LogP contribution is 2.27. The molecule has 0 saturated heterocycles. The first-order chi connectivity index (χ1) is 6.66. The molecule has 76 valence electrons.